The monoisotopic (exact) mass is 238 g/mol. The zero-order valence-electron chi connectivity index (χ0n) is 9.90. The Hall–Kier alpha value is 0.0500. The van der Waals surface area contributed by atoms with Crippen LogP contribution in [0, 0.1) is 17.8 Å². The summed E-state index contributed by atoms with van der Waals surface area (Å²) in [5.41, 5.74) is 0. The van der Waals surface area contributed by atoms with Crippen LogP contribution in [-0.2, 0) is 0 Å². The summed E-state index contributed by atoms with van der Waals surface area (Å²) in [4.78, 5) is 0. The number of hydrogen-bond acceptors (Lipinski definition) is 2. The molecule has 16 heavy (non-hydrogen) atoms. The average molecular weight is 238 g/mol. The van der Waals surface area contributed by atoms with Crippen LogP contribution in [0.4, 0.5) is 0 Å². The van der Waals surface area contributed by atoms with E-state index in [2.05, 4.69) is 17.8 Å². The van der Waals surface area contributed by atoms with Crippen molar-refractivity contribution >= 4 is 11.8 Å². The van der Waals surface area contributed by atoms with Crippen LogP contribution in [-0.4, -0.2) is 22.2 Å². The highest BCUT2D eigenvalue weighted by molar-refractivity contribution is 8.00. The van der Waals surface area contributed by atoms with Crippen molar-refractivity contribution < 1.29 is 5.11 Å². The molecule has 0 saturated heterocycles. The summed E-state index contributed by atoms with van der Waals surface area (Å²) < 4.78 is 0.633. The molecule has 4 aliphatic rings. The molecule has 1 N–H and O–H groups in total. The normalized spacial score (nSPS) is 45.7. The highest BCUT2D eigenvalue weighted by Gasteiger charge is 2.50. The molecular weight excluding hydrogens is 216 g/mol. The molecule has 0 aromatic heterocycles. The van der Waals surface area contributed by atoms with E-state index in [4.69, 9.17) is 5.11 Å². The molecule has 0 aromatic rings. The van der Waals surface area contributed by atoms with Crippen molar-refractivity contribution in [2.24, 2.45) is 17.8 Å². The smallest absolute Gasteiger partial charge is 0.0612 e. The van der Waals surface area contributed by atoms with E-state index in [9.17, 15) is 0 Å². The van der Waals surface area contributed by atoms with E-state index in [0.29, 0.717) is 4.75 Å². The van der Waals surface area contributed by atoms with E-state index in [1.807, 2.05) is 6.08 Å². The van der Waals surface area contributed by atoms with Gasteiger partial charge in [-0.15, -0.1) is 0 Å². The van der Waals surface area contributed by atoms with Crippen LogP contribution in [0.15, 0.2) is 12.2 Å². The topological polar surface area (TPSA) is 20.2 Å². The van der Waals surface area contributed by atoms with Gasteiger partial charge in [-0.05, 0) is 56.3 Å². The van der Waals surface area contributed by atoms with Crippen molar-refractivity contribution in [2.45, 2.75) is 43.3 Å². The minimum Gasteiger partial charge on any atom is -0.392 e. The average Bonchev–Trinajstić information content (AvgIpc) is 2.22. The van der Waals surface area contributed by atoms with E-state index in [1.54, 1.807) is 0 Å². The first-order valence-electron chi connectivity index (χ1n) is 6.69. The molecule has 0 atom stereocenters. The lowest BCUT2D eigenvalue weighted by atomic mass is 9.56. The van der Waals surface area contributed by atoms with E-state index >= 15 is 0 Å². The molecule has 4 rings (SSSR count). The van der Waals surface area contributed by atoms with E-state index < -0.39 is 0 Å². The van der Waals surface area contributed by atoms with Crippen LogP contribution < -0.4 is 0 Å². The fourth-order valence-electron chi connectivity index (χ4n) is 4.58. The third kappa shape index (κ3) is 2.06. The molecule has 0 unspecified atom stereocenters. The Labute approximate surface area is 103 Å². The Kier molecular flexibility index (Phi) is 3.05. The summed E-state index contributed by atoms with van der Waals surface area (Å²) in [7, 11) is 0. The first kappa shape index (κ1) is 11.2. The van der Waals surface area contributed by atoms with Gasteiger partial charge in [0.2, 0.25) is 0 Å². The second-order valence-corrected chi connectivity index (χ2v) is 7.55. The van der Waals surface area contributed by atoms with Gasteiger partial charge in [0, 0.05) is 10.5 Å². The molecule has 4 fully saturated rings. The quantitative estimate of drug-likeness (QED) is 0.759. The van der Waals surface area contributed by atoms with Crippen molar-refractivity contribution in [3.05, 3.63) is 12.2 Å². The first-order valence-corrected chi connectivity index (χ1v) is 7.68. The van der Waals surface area contributed by atoms with E-state index in [1.165, 1.54) is 38.5 Å². The molecule has 4 bridgehead atoms. The third-order valence-corrected chi connectivity index (χ3v) is 6.21. The largest absolute Gasteiger partial charge is 0.392 e. The maximum Gasteiger partial charge on any atom is 0.0612 e. The summed E-state index contributed by atoms with van der Waals surface area (Å²) in [6, 6.07) is 0. The highest BCUT2D eigenvalue weighted by atomic mass is 32.2. The standard InChI is InChI=1S/C14H22OS/c15-3-1-2-4-16-14-8-11-5-12(9-14)7-13(6-11)10-14/h1-2,11-13,15H,3-10H2/b2-1+. The number of thioether (sulfide) groups is 1. The summed E-state index contributed by atoms with van der Waals surface area (Å²) in [5.74, 6) is 4.27. The Balaban J connectivity index is 1.62. The van der Waals surface area contributed by atoms with Gasteiger partial charge in [-0.2, -0.15) is 11.8 Å². The second kappa shape index (κ2) is 4.38. The molecule has 0 amide bonds. The zero-order valence-corrected chi connectivity index (χ0v) is 10.7. The molecule has 2 heteroatoms. The first-order chi connectivity index (χ1) is 7.80. The Morgan fingerprint density at radius 2 is 1.56 bits per heavy atom. The molecule has 4 saturated carbocycles. The van der Waals surface area contributed by atoms with Gasteiger partial charge in [0.05, 0.1) is 6.61 Å². The molecule has 0 aromatic carbocycles. The number of aliphatic hydroxyl groups is 1. The second-order valence-electron chi connectivity index (χ2n) is 6.07. The van der Waals surface area contributed by atoms with Crippen LogP contribution in [0.2, 0.25) is 0 Å². The van der Waals surface area contributed by atoms with E-state index in [-0.39, 0.29) is 6.61 Å². The van der Waals surface area contributed by atoms with Crippen molar-refractivity contribution in [2.75, 3.05) is 12.4 Å². The van der Waals surface area contributed by atoms with Crippen molar-refractivity contribution in [3.63, 3.8) is 0 Å². The van der Waals surface area contributed by atoms with Gasteiger partial charge in [0.25, 0.3) is 0 Å². The maximum atomic E-state index is 8.73. The van der Waals surface area contributed by atoms with E-state index in [0.717, 1.165) is 23.5 Å². The zero-order chi connectivity index (χ0) is 11.0. The van der Waals surface area contributed by atoms with Crippen LogP contribution in [0.1, 0.15) is 38.5 Å². The van der Waals surface area contributed by atoms with Gasteiger partial charge in [0.1, 0.15) is 0 Å². The lowest BCUT2D eigenvalue weighted by Crippen LogP contribution is -2.48. The predicted octanol–water partition coefficient (Wildman–Crippen LogP) is 3.24. The van der Waals surface area contributed by atoms with Crippen molar-refractivity contribution in [1.29, 1.82) is 0 Å². The van der Waals surface area contributed by atoms with Gasteiger partial charge in [-0.1, -0.05) is 12.2 Å². The van der Waals surface area contributed by atoms with Gasteiger partial charge >= 0.3 is 0 Å². The number of aliphatic hydroxyl groups excluding tert-OH is 1. The lowest BCUT2D eigenvalue weighted by molar-refractivity contribution is 0.0384. The van der Waals surface area contributed by atoms with Gasteiger partial charge in [-0.3, -0.25) is 0 Å². The molecule has 4 aliphatic carbocycles. The fourth-order valence-corrected chi connectivity index (χ4v) is 6.22. The molecule has 90 valence electrons. The molecular formula is C14H22OS. The minimum atomic E-state index is 0.196. The molecule has 0 heterocycles. The molecule has 0 aliphatic heterocycles. The number of rotatable bonds is 4. The van der Waals surface area contributed by atoms with Crippen molar-refractivity contribution in [3.8, 4) is 0 Å². The highest BCUT2D eigenvalue weighted by Crippen LogP contribution is 2.60. The Morgan fingerprint density at radius 3 is 2.06 bits per heavy atom. The summed E-state index contributed by atoms with van der Waals surface area (Å²) in [5, 5.41) is 8.73. The van der Waals surface area contributed by atoms with Crippen molar-refractivity contribution in [1.82, 2.24) is 0 Å². The summed E-state index contributed by atoms with van der Waals surface area (Å²) in [6.07, 6.45) is 13.1. The minimum absolute atomic E-state index is 0.196. The van der Waals surface area contributed by atoms with Gasteiger partial charge in [-0.25, -0.2) is 0 Å². The SMILES string of the molecule is OC/C=C/CSC12CC3CC(CC(C3)C1)C2. The molecule has 0 radical (unpaired) electrons. The van der Waals surface area contributed by atoms with Gasteiger partial charge < -0.3 is 5.11 Å². The van der Waals surface area contributed by atoms with Gasteiger partial charge in [0.15, 0.2) is 0 Å². The maximum absolute atomic E-state index is 8.73. The Morgan fingerprint density at radius 1 is 1.00 bits per heavy atom. The van der Waals surface area contributed by atoms with Crippen LogP contribution in [0.3, 0.4) is 0 Å². The predicted molar refractivity (Wildman–Crippen MR) is 69.6 cm³/mol. The molecule has 1 nitrogen and oxygen atoms in total. The number of hydrogen-bond donors (Lipinski definition) is 1. The molecule has 0 spiro atoms. The third-order valence-electron chi connectivity index (χ3n) is 4.74. The van der Waals surface area contributed by atoms with Crippen LogP contribution >= 0.6 is 11.8 Å². The fraction of sp³-hybridized carbons (Fsp3) is 0.857. The summed E-state index contributed by atoms with van der Waals surface area (Å²) in [6.45, 7) is 0.196. The van der Waals surface area contributed by atoms with Crippen LogP contribution in [0.25, 0.3) is 0 Å². The van der Waals surface area contributed by atoms with Crippen LogP contribution in [0.5, 0.6) is 0 Å². The summed E-state index contributed by atoms with van der Waals surface area (Å²) >= 11 is 2.18. The Bertz CT molecular complexity index is 249. The lowest BCUT2D eigenvalue weighted by Gasteiger charge is -2.56.